The molecule has 3 heterocycles. The smallest absolute Gasteiger partial charge is 0.261 e. The SMILES string of the molecule is CN1CCN=C1c1ccc(-c2cc(CNC(=O)c3ccc(Cl)s3)on2)c(Oc2ccccc2)c1. The summed E-state index contributed by atoms with van der Waals surface area (Å²) in [4.78, 5) is 19.6. The van der Waals surface area contributed by atoms with Crippen LogP contribution in [0.2, 0.25) is 4.34 Å². The van der Waals surface area contributed by atoms with Gasteiger partial charge in [-0.25, -0.2) is 0 Å². The quantitative estimate of drug-likeness (QED) is 0.370. The number of benzene rings is 2. The van der Waals surface area contributed by atoms with Gasteiger partial charge in [0, 0.05) is 30.8 Å². The van der Waals surface area contributed by atoms with E-state index in [4.69, 9.17) is 20.9 Å². The third kappa shape index (κ3) is 4.83. The van der Waals surface area contributed by atoms with Crippen LogP contribution < -0.4 is 10.1 Å². The lowest BCUT2D eigenvalue weighted by Crippen LogP contribution is -2.23. The number of nitrogens with zero attached hydrogens (tertiary/aromatic N) is 3. The van der Waals surface area contributed by atoms with E-state index in [0.717, 1.165) is 30.1 Å². The molecule has 4 aromatic rings. The molecule has 5 rings (SSSR count). The summed E-state index contributed by atoms with van der Waals surface area (Å²) in [5.74, 6) is 2.60. The highest BCUT2D eigenvalue weighted by Gasteiger charge is 2.19. The predicted octanol–water partition coefficient (Wildman–Crippen LogP) is 5.47. The van der Waals surface area contributed by atoms with Crippen molar-refractivity contribution in [2.45, 2.75) is 6.54 Å². The van der Waals surface area contributed by atoms with E-state index < -0.39 is 0 Å². The number of carbonyl (C=O) groups excluding carboxylic acids is 1. The van der Waals surface area contributed by atoms with Gasteiger partial charge >= 0.3 is 0 Å². The van der Waals surface area contributed by atoms with E-state index >= 15 is 0 Å². The Balaban J connectivity index is 1.40. The number of carbonyl (C=O) groups is 1. The van der Waals surface area contributed by atoms with Gasteiger partial charge in [0.25, 0.3) is 5.91 Å². The molecule has 34 heavy (non-hydrogen) atoms. The Morgan fingerprint density at radius 1 is 1.18 bits per heavy atom. The van der Waals surface area contributed by atoms with Crippen molar-refractivity contribution in [3.05, 3.63) is 87.3 Å². The van der Waals surface area contributed by atoms with Gasteiger partial charge in [-0.2, -0.15) is 0 Å². The number of para-hydroxylation sites is 1. The van der Waals surface area contributed by atoms with Gasteiger partial charge in [-0.15, -0.1) is 11.3 Å². The first-order valence-electron chi connectivity index (χ1n) is 10.7. The second-order valence-electron chi connectivity index (χ2n) is 7.72. The minimum atomic E-state index is -0.214. The molecule has 1 amide bonds. The van der Waals surface area contributed by atoms with Crippen LogP contribution in [0, 0.1) is 0 Å². The topological polar surface area (TPSA) is 80.0 Å². The molecule has 0 unspecified atom stereocenters. The molecule has 9 heteroatoms. The number of amidine groups is 1. The van der Waals surface area contributed by atoms with E-state index in [1.807, 2.05) is 55.6 Å². The van der Waals surface area contributed by atoms with Gasteiger partial charge in [0.05, 0.1) is 22.3 Å². The molecular weight excluding hydrogens is 472 g/mol. The molecular formula is C25H21ClN4O3S. The van der Waals surface area contributed by atoms with Crippen LogP contribution in [0.4, 0.5) is 0 Å². The highest BCUT2D eigenvalue weighted by molar-refractivity contribution is 7.18. The molecule has 0 radical (unpaired) electrons. The van der Waals surface area contributed by atoms with E-state index in [9.17, 15) is 4.79 Å². The zero-order chi connectivity index (χ0) is 23.5. The van der Waals surface area contributed by atoms with Crippen LogP contribution in [0.25, 0.3) is 11.3 Å². The summed E-state index contributed by atoms with van der Waals surface area (Å²) in [6, 6.07) is 20.7. The van der Waals surface area contributed by atoms with Crippen molar-refractivity contribution in [1.82, 2.24) is 15.4 Å². The minimum absolute atomic E-state index is 0.204. The molecule has 172 valence electrons. The fourth-order valence-electron chi connectivity index (χ4n) is 3.63. The molecule has 1 N–H and O–H groups in total. The highest BCUT2D eigenvalue weighted by Crippen LogP contribution is 2.35. The van der Waals surface area contributed by atoms with Crippen molar-refractivity contribution in [3.8, 4) is 22.8 Å². The number of likely N-dealkylation sites (N-methyl/N-ethyl adjacent to an activating group) is 1. The van der Waals surface area contributed by atoms with E-state index in [2.05, 4.69) is 20.4 Å². The predicted molar refractivity (Wildman–Crippen MR) is 133 cm³/mol. The zero-order valence-electron chi connectivity index (χ0n) is 18.3. The monoisotopic (exact) mass is 492 g/mol. The number of hydrogen-bond acceptors (Lipinski definition) is 7. The molecule has 0 fully saturated rings. The van der Waals surface area contributed by atoms with E-state index in [1.165, 1.54) is 11.3 Å². The number of hydrogen-bond donors (Lipinski definition) is 1. The second kappa shape index (κ2) is 9.70. The fraction of sp³-hybridized carbons (Fsp3) is 0.160. The van der Waals surface area contributed by atoms with Gasteiger partial charge < -0.3 is 19.5 Å². The Hall–Kier alpha value is -3.62. The molecule has 0 aliphatic carbocycles. The summed E-state index contributed by atoms with van der Waals surface area (Å²) in [7, 11) is 2.03. The number of ether oxygens (including phenoxy) is 1. The van der Waals surface area contributed by atoms with E-state index in [-0.39, 0.29) is 12.5 Å². The lowest BCUT2D eigenvalue weighted by molar-refractivity contribution is 0.0951. The molecule has 0 bridgehead atoms. The summed E-state index contributed by atoms with van der Waals surface area (Å²) in [6.07, 6.45) is 0. The van der Waals surface area contributed by atoms with Gasteiger partial charge in [-0.3, -0.25) is 9.79 Å². The number of thiophene rings is 1. The first-order chi connectivity index (χ1) is 16.6. The maximum absolute atomic E-state index is 12.3. The van der Waals surface area contributed by atoms with Crippen LogP contribution >= 0.6 is 22.9 Å². The van der Waals surface area contributed by atoms with Crippen molar-refractivity contribution in [2.75, 3.05) is 20.1 Å². The zero-order valence-corrected chi connectivity index (χ0v) is 19.9. The van der Waals surface area contributed by atoms with Crippen molar-refractivity contribution < 1.29 is 14.1 Å². The maximum Gasteiger partial charge on any atom is 0.261 e. The van der Waals surface area contributed by atoms with Crippen molar-refractivity contribution in [1.29, 1.82) is 0 Å². The third-order valence-electron chi connectivity index (χ3n) is 5.32. The normalized spacial score (nSPS) is 13.1. The highest BCUT2D eigenvalue weighted by atomic mass is 35.5. The van der Waals surface area contributed by atoms with Crippen LogP contribution in [-0.2, 0) is 6.54 Å². The van der Waals surface area contributed by atoms with Gasteiger partial charge in [-0.05, 0) is 36.4 Å². The average Bonchev–Trinajstić information content (AvgIpc) is 3.59. The Kier molecular flexibility index (Phi) is 6.33. The van der Waals surface area contributed by atoms with Crippen LogP contribution in [-0.4, -0.2) is 41.9 Å². The number of rotatable bonds is 7. The molecule has 0 spiro atoms. The Morgan fingerprint density at radius 2 is 2.03 bits per heavy atom. The molecule has 1 aliphatic heterocycles. The lowest BCUT2D eigenvalue weighted by Gasteiger charge is -2.16. The Morgan fingerprint density at radius 3 is 2.76 bits per heavy atom. The summed E-state index contributed by atoms with van der Waals surface area (Å²) in [5.41, 5.74) is 2.36. The molecule has 1 aliphatic rings. The average molecular weight is 493 g/mol. The molecule has 2 aromatic carbocycles. The maximum atomic E-state index is 12.3. The molecule has 0 saturated carbocycles. The number of nitrogens with one attached hydrogen (secondary N) is 1. The third-order valence-corrected chi connectivity index (χ3v) is 6.55. The number of amides is 1. The van der Waals surface area contributed by atoms with Crippen molar-refractivity contribution >= 4 is 34.7 Å². The standard InChI is InChI=1S/C25H21ClN4O3S/c1-30-12-11-27-24(30)16-7-8-19(21(13-16)32-17-5-3-2-4-6-17)20-14-18(33-29-20)15-28-25(31)22-9-10-23(26)34-22/h2-10,13-14H,11-12,15H2,1H3,(H,28,31). The fourth-order valence-corrected chi connectivity index (χ4v) is 4.59. The van der Waals surface area contributed by atoms with Gasteiger partial charge in [0.15, 0.2) is 5.76 Å². The molecule has 0 saturated heterocycles. The molecule has 2 aromatic heterocycles. The minimum Gasteiger partial charge on any atom is -0.457 e. The lowest BCUT2D eigenvalue weighted by atomic mass is 10.1. The van der Waals surface area contributed by atoms with Crippen LogP contribution in [0.3, 0.4) is 0 Å². The summed E-state index contributed by atoms with van der Waals surface area (Å²) < 4.78 is 12.3. The van der Waals surface area contributed by atoms with E-state index in [0.29, 0.717) is 32.2 Å². The van der Waals surface area contributed by atoms with E-state index in [1.54, 1.807) is 18.2 Å². The van der Waals surface area contributed by atoms with Crippen LogP contribution in [0.15, 0.2) is 76.2 Å². The largest absolute Gasteiger partial charge is 0.457 e. The summed E-state index contributed by atoms with van der Waals surface area (Å²) in [6.45, 7) is 1.87. The van der Waals surface area contributed by atoms with Gasteiger partial charge in [0.2, 0.25) is 0 Å². The second-order valence-corrected chi connectivity index (χ2v) is 9.43. The van der Waals surface area contributed by atoms with Gasteiger partial charge in [0.1, 0.15) is 23.0 Å². The number of aromatic nitrogens is 1. The molecule has 7 nitrogen and oxygen atoms in total. The Bertz CT molecular complexity index is 1350. The van der Waals surface area contributed by atoms with Crippen LogP contribution in [0.5, 0.6) is 11.5 Å². The van der Waals surface area contributed by atoms with Crippen LogP contribution in [0.1, 0.15) is 21.0 Å². The summed E-state index contributed by atoms with van der Waals surface area (Å²) in [5, 5.41) is 7.05. The van der Waals surface area contributed by atoms with Gasteiger partial charge in [-0.1, -0.05) is 41.0 Å². The number of aliphatic imine (C=N–C) groups is 1. The molecule has 0 atom stereocenters. The summed E-state index contributed by atoms with van der Waals surface area (Å²) >= 11 is 7.14. The number of halogens is 1. The Labute approximate surface area is 205 Å². The first kappa shape index (κ1) is 22.2. The first-order valence-corrected chi connectivity index (χ1v) is 11.9. The van der Waals surface area contributed by atoms with Crippen molar-refractivity contribution in [3.63, 3.8) is 0 Å². The van der Waals surface area contributed by atoms with Crippen molar-refractivity contribution in [2.24, 2.45) is 4.99 Å².